The van der Waals surface area contributed by atoms with Gasteiger partial charge in [0.25, 0.3) is 5.91 Å². The fourth-order valence-electron chi connectivity index (χ4n) is 2.70. The smallest absolute Gasteiger partial charge is 0.323 e. The maximum Gasteiger partial charge on any atom is 0.323 e. The van der Waals surface area contributed by atoms with Gasteiger partial charge in [-0.3, -0.25) is 9.59 Å². The average molecular weight is 356 g/mol. The number of carboxylic acid groups (broad SMARTS) is 1. The number of hydrogen-bond donors (Lipinski definition) is 1. The number of hydrogen-bond acceptors (Lipinski definition) is 4. The molecule has 0 saturated carbocycles. The van der Waals surface area contributed by atoms with Crippen molar-refractivity contribution in [1.29, 1.82) is 0 Å². The molecule has 1 heterocycles. The number of aryl methyl sites for hydroxylation is 1. The molecule has 1 aliphatic rings. The highest BCUT2D eigenvalue weighted by atomic mass is 35.5. The zero-order chi connectivity index (χ0) is 17.7. The second-order valence-corrected chi connectivity index (χ2v) is 6.30. The van der Waals surface area contributed by atoms with Gasteiger partial charge in [-0.25, -0.2) is 0 Å². The minimum Gasteiger partial charge on any atom is -0.480 e. The first kappa shape index (κ1) is 18.5. The Balaban J connectivity index is 2.11. The van der Waals surface area contributed by atoms with E-state index in [1.54, 1.807) is 19.1 Å². The molecule has 1 aliphatic heterocycles. The minimum atomic E-state index is -1.05. The summed E-state index contributed by atoms with van der Waals surface area (Å²) in [5.74, 6) is -0.989. The van der Waals surface area contributed by atoms with Crippen LogP contribution in [0.2, 0.25) is 5.02 Å². The van der Waals surface area contributed by atoms with Gasteiger partial charge >= 0.3 is 5.97 Å². The van der Waals surface area contributed by atoms with E-state index in [1.807, 2.05) is 13.0 Å². The standard InChI is InChI=1S/C17H22ClNO5/c1-11-3-4-14(18)15(9-11)24-12(2)17(22)19(10-16(20)21)13-5-7-23-8-6-13/h3-4,9,12-13H,5-8,10H2,1-2H3,(H,20,21). The predicted molar refractivity (Wildman–Crippen MR) is 89.5 cm³/mol. The zero-order valence-corrected chi connectivity index (χ0v) is 14.6. The molecule has 0 bridgehead atoms. The topological polar surface area (TPSA) is 76.1 Å². The number of carbonyl (C=O) groups excluding carboxylic acids is 1. The van der Waals surface area contributed by atoms with Gasteiger partial charge in [0, 0.05) is 19.3 Å². The SMILES string of the molecule is Cc1ccc(Cl)c(OC(C)C(=O)N(CC(=O)O)C2CCOCC2)c1. The van der Waals surface area contributed by atoms with E-state index in [1.165, 1.54) is 4.90 Å². The lowest BCUT2D eigenvalue weighted by molar-refractivity contribution is -0.151. The van der Waals surface area contributed by atoms with E-state index in [-0.39, 0.29) is 18.5 Å². The summed E-state index contributed by atoms with van der Waals surface area (Å²) in [5.41, 5.74) is 0.959. The van der Waals surface area contributed by atoms with Crippen LogP contribution in [0.4, 0.5) is 0 Å². The first-order valence-electron chi connectivity index (χ1n) is 7.91. The Kier molecular flexibility index (Phi) is 6.45. The summed E-state index contributed by atoms with van der Waals surface area (Å²) in [6.07, 6.45) is 0.417. The Morgan fingerprint density at radius 3 is 2.71 bits per heavy atom. The molecule has 1 aromatic carbocycles. The Hall–Kier alpha value is -1.79. The second kappa shape index (κ2) is 8.35. The molecule has 2 rings (SSSR count). The quantitative estimate of drug-likeness (QED) is 0.848. The van der Waals surface area contributed by atoms with Crippen molar-refractivity contribution in [2.24, 2.45) is 0 Å². The van der Waals surface area contributed by atoms with Crippen LogP contribution in [0.1, 0.15) is 25.3 Å². The van der Waals surface area contributed by atoms with Gasteiger partial charge in [0.1, 0.15) is 12.3 Å². The minimum absolute atomic E-state index is 0.151. The molecule has 1 fully saturated rings. The number of nitrogens with zero attached hydrogens (tertiary/aromatic N) is 1. The number of amides is 1. The summed E-state index contributed by atoms with van der Waals surface area (Å²) in [4.78, 5) is 25.3. The van der Waals surface area contributed by atoms with Gasteiger partial charge < -0.3 is 19.5 Å². The summed E-state index contributed by atoms with van der Waals surface area (Å²) >= 11 is 6.10. The van der Waals surface area contributed by atoms with E-state index in [2.05, 4.69) is 0 Å². The summed E-state index contributed by atoms with van der Waals surface area (Å²) < 4.78 is 11.0. The van der Waals surface area contributed by atoms with Crippen LogP contribution >= 0.6 is 11.6 Å². The van der Waals surface area contributed by atoms with Gasteiger partial charge in [-0.05, 0) is 44.4 Å². The van der Waals surface area contributed by atoms with Crippen LogP contribution in [0.3, 0.4) is 0 Å². The third-order valence-electron chi connectivity index (χ3n) is 3.96. The van der Waals surface area contributed by atoms with Crippen molar-refractivity contribution in [3.63, 3.8) is 0 Å². The number of rotatable bonds is 6. The molecule has 0 radical (unpaired) electrons. The van der Waals surface area contributed by atoms with E-state index in [0.717, 1.165) is 5.56 Å². The highest BCUT2D eigenvalue weighted by Crippen LogP contribution is 2.27. The zero-order valence-electron chi connectivity index (χ0n) is 13.8. The first-order chi connectivity index (χ1) is 11.4. The highest BCUT2D eigenvalue weighted by molar-refractivity contribution is 6.32. The van der Waals surface area contributed by atoms with Gasteiger partial charge in [-0.1, -0.05) is 17.7 Å². The molecule has 132 valence electrons. The van der Waals surface area contributed by atoms with Gasteiger partial charge in [0.2, 0.25) is 0 Å². The molecule has 1 aromatic rings. The van der Waals surface area contributed by atoms with Gasteiger partial charge in [0.15, 0.2) is 6.10 Å². The predicted octanol–water partition coefficient (Wildman–Crippen LogP) is 2.51. The van der Waals surface area contributed by atoms with Crippen LogP contribution in [-0.2, 0) is 14.3 Å². The molecule has 1 N–H and O–H groups in total. The lowest BCUT2D eigenvalue weighted by Crippen LogP contribution is -2.50. The van der Waals surface area contributed by atoms with Crippen molar-refractivity contribution in [3.8, 4) is 5.75 Å². The molecule has 0 aliphatic carbocycles. The fraction of sp³-hybridized carbons (Fsp3) is 0.529. The van der Waals surface area contributed by atoms with Crippen molar-refractivity contribution >= 4 is 23.5 Å². The second-order valence-electron chi connectivity index (χ2n) is 5.90. The Labute approximate surface area is 146 Å². The van der Waals surface area contributed by atoms with E-state index in [0.29, 0.717) is 36.8 Å². The molecule has 6 nitrogen and oxygen atoms in total. The Morgan fingerprint density at radius 2 is 2.08 bits per heavy atom. The lowest BCUT2D eigenvalue weighted by atomic mass is 10.1. The highest BCUT2D eigenvalue weighted by Gasteiger charge is 2.31. The molecule has 0 spiro atoms. The largest absolute Gasteiger partial charge is 0.480 e. The van der Waals surface area contributed by atoms with E-state index in [4.69, 9.17) is 26.2 Å². The van der Waals surface area contributed by atoms with Crippen molar-refractivity contribution in [2.75, 3.05) is 19.8 Å². The van der Waals surface area contributed by atoms with E-state index in [9.17, 15) is 9.59 Å². The molecule has 0 aromatic heterocycles. The summed E-state index contributed by atoms with van der Waals surface area (Å²) in [7, 11) is 0. The van der Waals surface area contributed by atoms with Crippen LogP contribution in [0.5, 0.6) is 5.75 Å². The van der Waals surface area contributed by atoms with Gasteiger partial charge in [-0.15, -0.1) is 0 Å². The number of carbonyl (C=O) groups is 2. The normalized spacial score (nSPS) is 16.5. The van der Waals surface area contributed by atoms with Crippen molar-refractivity contribution in [3.05, 3.63) is 28.8 Å². The molecular weight excluding hydrogens is 334 g/mol. The molecule has 1 unspecified atom stereocenters. The third kappa shape index (κ3) is 4.85. The first-order valence-corrected chi connectivity index (χ1v) is 8.29. The molecule has 1 amide bonds. The molecule has 24 heavy (non-hydrogen) atoms. The summed E-state index contributed by atoms with van der Waals surface area (Å²) in [6.45, 7) is 4.20. The number of aliphatic carboxylic acids is 1. The number of benzene rings is 1. The van der Waals surface area contributed by atoms with Crippen LogP contribution in [-0.4, -0.2) is 53.8 Å². The number of carboxylic acids is 1. The number of ether oxygens (including phenoxy) is 2. The Bertz CT molecular complexity index is 601. The van der Waals surface area contributed by atoms with Gasteiger partial charge in [-0.2, -0.15) is 0 Å². The van der Waals surface area contributed by atoms with Crippen molar-refractivity contribution < 1.29 is 24.2 Å². The van der Waals surface area contributed by atoms with Crippen LogP contribution in [0, 0.1) is 6.92 Å². The van der Waals surface area contributed by atoms with Crippen molar-refractivity contribution in [1.82, 2.24) is 4.90 Å². The molecular formula is C17H22ClNO5. The van der Waals surface area contributed by atoms with Gasteiger partial charge in [0.05, 0.1) is 5.02 Å². The third-order valence-corrected chi connectivity index (χ3v) is 4.27. The van der Waals surface area contributed by atoms with Crippen LogP contribution in [0.25, 0.3) is 0 Å². The van der Waals surface area contributed by atoms with Crippen LogP contribution < -0.4 is 4.74 Å². The molecule has 1 saturated heterocycles. The molecule has 1 atom stereocenters. The lowest BCUT2D eigenvalue weighted by Gasteiger charge is -2.34. The number of halogens is 1. The Morgan fingerprint density at radius 1 is 1.42 bits per heavy atom. The maximum atomic E-state index is 12.7. The maximum absolute atomic E-state index is 12.7. The molecule has 7 heteroatoms. The van der Waals surface area contributed by atoms with E-state index < -0.39 is 12.1 Å². The summed E-state index contributed by atoms with van der Waals surface area (Å²) in [5, 5.41) is 9.54. The summed E-state index contributed by atoms with van der Waals surface area (Å²) in [6, 6.07) is 5.15. The van der Waals surface area contributed by atoms with E-state index >= 15 is 0 Å². The monoisotopic (exact) mass is 355 g/mol. The van der Waals surface area contributed by atoms with Crippen LogP contribution in [0.15, 0.2) is 18.2 Å². The average Bonchev–Trinajstić information content (AvgIpc) is 2.56. The fourth-order valence-corrected chi connectivity index (χ4v) is 2.87. The van der Waals surface area contributed by atoms with Crippen molar-refractivity contribution in [2.45, 2.75) is 38.8 Å².